The molecule has 0 N–H and O–H groups in total. The second-order valence-electron chi connectivity index (χ2n) is 9.10. The van der Waals surface area contributed by atoms with Crippen molar-refractivity contribution < 1.29 is 13.9 Å². The predicted molar refractivity (Wildman–Crippen MR) is 119 cm³/mol. The molecule has 1 spiro atoms. The summed E-state index contributed by atoms with van der Waals surface area (Å²) in [6, 6.07) is 19.4. The van der Waals surface area contributed by atoms with Crippen molar-refractivity contribution in [1.82, 2.24) is 14.3 Å². The molecule has 0 saturated carbocycles. The molecular weight excluding hydrogens is 398 g/mol. The lowest BCUT2D eigenvalue weighted by molar-refractivity contribution is -0.755. The monoisotopic (exact) mass is 415 g/mol. The summed E-state index contributed by atoms with van der Waals surface area (Å²) >= 11 is 0. The van der Waals surface area contributed by atoms with E-state index in [2.05, 4.69) is 99.3 Å². The number of ether oxygens (including phenoxy) is 1. The highest BCUT2D eigenvalue weighted by Crippen LogP contribution is 2.55. The molecule has 2 aromatic carbocycles. The molecule has 1 unspecified atom stereocenters. The molecule has 0 aliphatic carbocycles. The third-order valence-electron chi connectivity index (χ3n) is 7.56. The molecule has 0 saturated heterocycles. The molecule has 9 rings (SSSR count). The SMILES string of the molecule is Cc1cc2n(n1)C13c4c(ccc5c4c4c(cccn41)c1cc[n+](C)c15)Oc1cccc-2[n+]13. The van der Waals surface area contributed by atoms with Gasteiger partial charge in [0.15, 0.2) is 6.20 Å². The number of nitrogens with zero attached hydrogens (tertiary/aromatic N) is 5. The lowest BCUT2D eigenvalue weighted by Crippen LogP contribution is -2.64. The molecular formula is C26H17N5O+2. The van der Waals surface area contributed by atoms with E-state index >= 15 is 0 Å². The van der Waals surface area contributed by atoms with Crippen LogP contribution in [0.1, 0.15) is 11.3 Å². The largest absolute Gasteiger partial charge is 0.404 e. The summed E-state index contributed by atoms with van der Waals surface area (Å²) in [5.41, 5.74) is 6.90. The van der Waals surface area contributed by atoms with Gasteiger partial charge >= 0.3 is 11.7 Å². The quantitative estimate of drug-likeness (QED) is 0.280. The van der Waals surface area contributed by atoms with E-state index in [0.29, 0.717) is 0 Å². The van der Waals surface area contributed by atoms with Crippen molar-refractivity contribution in [3.05, 3.63) is 78.2 Å². The van der Waals surface area contributed by atoms with Gasteiger partial charge in [-0.05, 0) is 37.3 Å². The van der Waals surface area contributed by atoms with Gasteiger partial charge in [0.1, 0.15) is 24.1 Å². The number of aryl methyl sites for hydroxylation is 2. The van der Waals surface area contributed by atoms with E-state index in [1.54, 1.807) is 0 Å². The van der Waals surface area contributed by atoms with Crippen LogP contribution in [0.25, 0.3) is 44.0 Å². The van der Waals surface area contributed by atoms with Gasteiger partial charge in [0.2, 0.25) is 11.2 Å². The van der Waals surface area contributed by atoms with E-state index in [4.69, 9.17) is 9.84 Å². The van der Waals surface area contributed by atoms with E-state index in [1.165, 1.54) is 38.1 Å². The van der Waals surface area contributed by atoms with Crippen LogP contribution in [-0.4, -0.2) is 14.3 Å². The zero-order valence-electron chi connectivity index (χ0n) is 17.5. The number of aromatic nitrogens is 5. The van der Waals surface area contributed by atoms with Crippen molar-refractivity contribution in [2.24, 2.45) is 7.05 Å². The first-order valence-corrected chi connectivity index (χ1v) is 10.9. The Morgan fingerprint density at radius 2 is 1.94 bits per heavy atom. The van der Waals surface area contributed by atoms with Crippen molar-refractivity contribution >= 4 is 32.6 Å². The fourth-order valence-corrected chi connectivity index (χ4v) is 6.53. The van der Waals surface area contributed by atoms with Crippen LogP contribution in [0.15, 0.2) is 67.0 Å². The Hall–Kier alpha value is -4.19. The second kappa shape index (κ2) is 4.53. The molecule has 0 amide bonds. The van der Waals surface area contributed by atoms with Crippen LogP contribution in [0, 0.1) is 6.92 Å². The minimum atomic E-state index is -0.651. The van der Waals surface area contributed by atoms with Gasteiger partial charge in [0.25, 0.3) is 0 Å². The van der Waals surface area contributed by atoms with Gasteiger partial charge in [-0.1, -0.05) is 6.07 Å². The minimum absolute atomic E-state index is 0.651. The molecule has 6 heteroatoms. The summed E-state index contributed by atoms with van der Waals surface area (Å²) in [6.45, 7) is 2.07. The van der Waals surface area contributed by atoms with Gasteiger partial charge in [-0.3, -0.25) is 4.57 Å². The molecule has 7 heterocycles. The highest BCUT2D eigenvalue weighted by Gasteiger charge is 2.65. The van der Waals surface area contributed by atoms with E-state index in [1.807, 2.05) is 0 Å². The van der Waals surface area contributed by atoms with E-state index in [9.17, 15) is 0 Å². The molecule has 0 radical (unpaired) electrons. The summed E-state index contributed by atoms with van der Waals surface area (Å²) in [6.07, 6.45) is 4.35. The number of fused-ring (bicyclic) bond motifs is 5. The lowest BCUT2D eigenvalue weighted by Gasteiger charge is -2.30. The van der Waals surface area contributed by atoms with Crippen LogP contribution >= 0.6 is 0 Å². The highest BCUT2D eigenvalue weighted by molar-refractivity contribution is 6.25. The van der Waals surface area contributed by atoms with Crippen LogP contribution in [0.5, 0.6) is 11.6 Å². The zero-order valence-corrected chi connectivity index (χ0v) is 17.5. The molecule has 150 valence electrons. The topological polar surface area (TPSA) is 39.7 Å². The van der Waals surface area contributed by atoms with Crippen molar-refractivity contribution in [3.8, 4) is 23.0 Å². The Balaban J connectivity index is 1.66. The average Bonchev–Trinajstić information content (AvgIpc) is 3.52. The molecule has 3 aliphatic heterocycles. The first kappa shape index (κ1) is 15.6. The Labute approximate surface area is 182 Å². The molecule has 6 aromatic rings. The number of benzene rings is 2. The summed E-state index contributed by atoms with van der Waals surface area (Å²) < 4.78 is 15.7. The van der Waals surface area contributed by atoms with Crippen LogP contribution in [0.2, 0.25) is 0 Å². The van der Waals surface area contributed by atoms with Crippen molar-refractivity contribution in [2.75, 3.05) is 0 Å². The standard InChI is InChI=1S/C26H17N5O/c1-14-13-19-18-6-3-7-21-30(18)26(31(19)27-14)23-20(32-21)9-8-17-22(23)25-15(5-4-11-29(25)26)16-10-12-28(2)24(16)17/h3-13H,1-2H3/q+2. The smallest absolute Gasteiger partial charge is 0.385 e. The molecule has 32 heavy (non-hydrogen) atoms. The summed E-state index contributed by atoms with van der Waals surface area (Å²) in [5.74, 6) is 1.08. The third kappa shape index (κ3) is 1.32. The zero-order chi connectivity index (χ0) is 20.9. The van der Waals surface area contributed by atoms with Crippen molar-refractivity contribution in [2.45, 2.75) is 12.7 Å². The maximum Gasteiger partial charge on any atom is 0.385 e. The highest BCUT2D eigenvalue weighted by atomic mass is 16.5. The second-order valence-corrected chi connectivity index (χ2v) is 9.10. The average molecular weight is 415 g/mol. The molecule has 3 aliphatic rings. The maximum absolute atomic E-state index is 6.54. The normalized spacial score (nSPS) is 18.7. The fourth-order valence-electron chi connectivity index (χ4n) is 6.53. The summed E-state index contributed by atoms with van der Waals surface area (Å²) in [4.78, 5) is 0. The van der Waals surface area contributed by atoms with Crippen LogP contribution in [-0.2, 0) is 12.8 Å². The van der Waals surface area contributed by atoms with Gasteiger partial charge < -0.3 is 4.74 Å². The van der Waals surface area contributed by atoms with Gasteiger partial charge in [-0.15, -0.1) is 4.57 Å². The third-order valence-corrected chi connectivity index (χ3v) is 7.56. The van der Waals surface area contributed by atoms with E-state index in [0.717, 1.165) is 28.7 Å². The van der Waals surface area contributed by atoms with Gasteiger partial charge in [-0.25, -0.2) is 4.57 Å². The maximum atomic E-state index is 6.54. The van der Waals surface area contributed by atoms with Gasteiger partial charge in [0, 0.05) is 29.1 Å². The van der Waals surface area contributed by atoms with Crippen molar-refractivity contribution in [3.63, 3.8) is 0 Å². The minimum Gasteiger partial charge on any atom is -0.404 e. The number of rotatable bonds is 0. The Bertz CT molecular complexity index is 1890. The van der Waals surface area contributed by atoms with E-state index < -0.39 is 5.79 Å². The molecule has 6 nitrogen and oxygen atoms in total. The summed E-state index contributed by atoms with van der Waals surface area (Å²) in [5, 5.41) is 10.1. The van der Waals surface area contributed by atoms with E-state index in [-0.39, 0.29) is 0 Å². The Kier molecular flexibility index (Phi) is 2.21. The summed E-state index contributed by atoms with van der Waals surface area (Å²) in [7, 11) is 2.13. The molecule has 4 aromatic heterocycles. The number of hydrogen-bond acceptors (Lipinski definition) is 2. The molecule has 0 fully saturated rings. The first-order chi connectivity index (χ1) is 15.7. The predicted octanol–water partition coefficient (Wildman–Crippen LogP) is 3.72. The first-order valence-electron chi connectivity index (χ1n) is 10.9. The van der Waals surface area contributed by atoms with Crippen molar-refractivity contribution in [1.29, 1.82) is 0 Å². The van der Waals surface area contributed by atoms with Gasteiger partial charge in [-0.2, -0.15) is 9.78 Å². The Morgan fingerprint density at radius 3 is 2.88 bits per heavy atom. The fraction of sp³-hybridized carbons (Fsp3) is 0.115. The molecule has 1 atom stereocenters. The van der Waals surface area contributed by atoms with Crippen LogP contribution < -0.4 is 13.9 Å². The van der Waals surface area contributed by atoms with Crippen LogP contribution in [0.4, 0.5) is 0 Å². The van der Waals surface area contributed by atoms with Crippen LogP contribution in [0.3, 0.4) is 0 Å². The number of pyridine rings is 2. The number of hydrogen-bond donors (Lipinski definition) is 0. The lowest BCUT2D eigenvalue weighted by atomic mass is 9.96. The molecule has 0 bridgehead atoms. The van der Waals surface area contributed by atoms with Gasteiger partial charge in [0.05, 0.1) is 28.0 Å². The Morgan fingerprint density at radius 1 is 1.00 bits per heavy atom.